The predicted octanol–water partition coefficient (Wildman–Crippen LogP) is 3.44. The first-order valence-corrected chi connectivity index (χ1v) is 8.71. The van der Waals surface area contributed by atoms with E-state index in [0.717, 1.165) is 22.2 Å². The van der Waals surface area contributed by atoms with E-state index < -0.39 is 10.0 Å². The maximum atomic E-state index is 12.1. The molecule has 5 nitrogen and oxygen atoms in total. The molecule has 1 aromatic heterocycles. The zero-order chi connectivity index (χ0) is 16.4. The fourth-order valence-corrected chi connectivity index (χ4v) is 3.21. The number of aryl methyl sites for hydroxylation is 1. The Kier molecular flexibility index (Phi) is 4.11. The van der Waals surface area contributed by atoms with Crippen molar-refractivity contribution in [3.8, 4) is 0 Å². The molecule has 0 amide bonds. The summed E-state index contributed by atoms with van der Waals surface area (Å²) in [4.78, 5) is 5.55. The molecule has 0 radical (unpaired) electrons. The van der Waals surface area contributed by atoms with Crippen molar-refractivity contribution in [3.05, 3.63) is 64.8 Å². The second-order valence-electron chi connectivity index (χ2n) is 5.02. The zero-order valence-corrected chi connectivity index (χ0v) is 13.8. The fourth-order valence-electron chi connectivity index (χ4n) is 2.29. The van der Waals surface area contributed by atoms with Gasteiger partial charge < -0.3 is 4.98 Å². The van der Waals surface area contributed by atoms with Crippen LogP contribution in [0.25, 0.3) is 10.9 Å². The van der Waals surface area contributed by atoms with Crippen LogP contribution in [0.5, 0.6) is 0 Å². The Labute approximate surface area is 139 Å². The number of nitrogens with one attached hydrogen (secondary N) is 2. The number of aromatic nitrogens is 1. The van der Waals surface area contributed by atoms with E-state index in [1.807, 2.05) is 31.2 Å². The van der Waals surface area contributed by atoms with Gasteiger partial charge in [-0.05, 0) is 37.3 Å². The van der Waals surface area contributed by atoms with Gasteiger partial charge in [-0.1, -0.05) is 29.8 Å². The number of benzene rings is 2. The summed E-state index contributed by atoms with van der Waals surface area (Å²) in [6, 6.07) is 13.7. The molecule has 3 aromatic rings. The number of para-hydroxylation sites is 1. The van der Waals surface area contributed by atoms with Gasteiger partial charge in [0.25, 0.3) is 10.0 Å². The molecule has 0 spiro atoms. The summed E-state index contributed by atoms with van der Waals surface area (Å²) in [5, 5.41) is 5.34. The van der Waals surface area contributed by atoms with Crippen molar-refractivity contribution < 1.29 is 8.42 Å². The predicted molar refractivity (Wildman–Crippen MR) is 92.4 cm³/mol. The number of nitrogens with zero attached hydrogens (tertiary/aromatic N) is 1. The van der Waals surface area contributed by atoms with Crippen molar-refractivity contribution in [2.75, 3.05) is 0 Å². The number of rotatable bonds is 4. The van der Waals surface area contributed by atoms with E-state index in [9.17, 15) is 8.42 Å². The maximum Gasteiger partial charge on any atom is 0.276 e. The molecule has 2 N–H and O–H groups in total. The Morgan fingerprint density at radius 1 is 1.13 bits per heavy atom. The summed E-state index contributed by atoms with van der Waals surface area (Å²) in [6.07, 6.45) is 1.50. The summed E-state index contributed by atoms with van der Waals surface area (Å²) in [5.74, 6) is 0. The SMILES string of the molecule is Cc1[nH]c2ccccc2c1/C=N/NS(=O)(=O)c1ccc(Cl)cc1. The second-order valence-corrected chi connectivity index (χ2v) is 7.11. The van der Waals surface area contributed by atoms with Crippen LogP contribution in [0, 0.1) is 6.92 Å². The number of hydrogen-bond acceptors (Lipinski definition) is 3. The van der Waals surface area contributed by atoms with E-state index in [0.29, 0.717) is 5.02 Å². The monoisotopic (exact) mass is 347 g/mol. The van der Waals surface area contributed by atoms with Crippen LogP contribution in [-0.4, -0.2) is 19.6 Å². The number of hydrogen-bond donors (Lipinski definition) is 2. The van der Waals surface area contributed by atoms with Crippen LogP contribution in [0.2, 0.25) is 5.02 Å². The van der Waals surface area contributed by atoms with E-state index in [1.165, 1.54) is 30.5 Å². The minimum atomic E-state index is -3.71. The van der Waals surface area contributed by atoms with Gasteiger partial charge in [-0.2, -0.15) is 13.5 Å². The molecule has 0 aliphatic heterocycles. The van der Waals surface area contributed by atoms with Gasteiger partial charge in [-0.25, -0.2) is 4.83 Å². The van der Waals surface area contributed by atoms with Crippen LogP contribution in [0.15, 0.2) is 58.5 Å². The Bertz CT molecular complexity index is 976. The Hall–Kier alpha value is -2.31. The third-order valence-electron chi connectivity index (χ3n) is 3.43. The number of fused-ring (bicyclic) bond motifs is 1. The van der Waals surface area contributed by atoms with Crippen molar-refractivity contribution in [2.45, 2.75) is 11.8 Å². The normalized spacial score (nSPS) is 12.1. The summed E-state index contributed by atoms with van der Waals surface area (Å²) in [6.45, 7) is 1.91. The first kappa shape index (κ1) is 15.6. The van der Waals surface area contributed by atoms with E-state index in [-0.39, 0.29) is 4.90 Å². The Balaban J connectivity index is 1.85. The van der Waals surface area contributed by atoms with Crippen molar-refractivity contribution in [2.24, 2.45) is 5.10 Å². The summed E-state index contributed by atoms with van der Waals surface area (Å²) in [7, 11) is -3.71. The molecule has 0 bridgehead atoms. The lowest BCUT2D eigenvalue weighted by molar-refractivity contribution is 0.584. The van der Waals surface area contributed by atoms with Crippen LogP contribution in [-0.2, 0) is 10.0 Å². The van der Waals surface area contributed by atoms with E-state index >= 15 is 0 Å². The highest BCUT2D eigenvalue weighted by Gasteiger charge is 2.12. The highest BCUT2D eigenvalue weighted by atomic mass is 35.5. The van der Waals surface area contributed by atoms with Gasteiger partial charge in [0.1, 0.15) is 0 Å². The van der Waals surface area contributed by atoms with Crippen LogP contribution in [0.1, 0.15) is 11.3 Å². The minimum absolute atomic E-state index is 0.106. The number of aromatic amines is 1. The maximum absolute atomic E-state index is 12.1. The number of sulfonamides is 1. The van der Waals surface area contributed by atoms with Gasteiger partial charge in [0.05, 0.1) is 11.1 Å². The van der Waals surface area contributed by atoms with Crippen molar-refractivity contribution in [1.82, 2.24) is 9.82 Å². The molecule has 0 saturated carbocycles. The van der Waals surface area contributed by atoms with Crippen LogP contribution < -0.4 is 4.83 Å². The smallest absolute Gasteiger partial charge is 0.276 e. The average molecular weight is 348 g/mol. The first-order chi connectivity index (χ1) is 11.0. The molecule has 0 atom stereocenters. The Morgan fingerprint density at radius 3 is 2.57 bits per heavy atom. The van der Waals surface area contributed by atoms with Crippen LogP contribution in [0.3, 0.4) is 0 Å². The van der Waals surface area contributed by atoms with Gasteiger partial charge >= 0.3 is 0 Å². The topological polar surface area (TPSA) is 74.3 Å². The van der Waals surface area contributed by atoms with Gasteiger partial charge in [-0.3, -0.25) is 0 Å². The van der Waals surface area contributed by atoms with E-state index in [4.69, 9.17) is 11.6 Å². The second kappa shape index (κ2) is 6.06. The molecule has 1 heterocycles. The molecule has 0 aliphatic rings. The minimum Gasteiger partial charge on any atom is -0.358 e. The molecular weight excluding hydrogens is 334 g/mol. The third kappa shape index (κ3) is 3.23. The van der Waals surface area contributed by atoms with Gasteiger partial charge in [0, 0.05) is 27.2 Å². The standard InChI is InChI=1S/C16H14ClN3O2S/c1-11-15(14-4-2-3-5-16(14)19-11)10-18-20-23(21,22)13-8-6-12(17)7-9-13/h2-10,19-20H,1H3/b18-10+. The van der Waals surface area contributed by atoms with Gasteiger partial charge in [0.2, 0.25) is 0 Å². The number of halogens is 1. The summed E-state index contributed by atoms with van der Waals surface area (Å²) >= 11 is 5.76. The largest absolute Gasteiger partial charge is 0.358 e. The highest BCUT2D eigenvalue weighted by molar-refractivity contribution is 7.89. The first-order valence-electron chi connectivity index (χ1n) is 6.85. The van der Waals surface area contributed by atoms with Gasteiger partial charge in [0.15, 0.2) is 0 Å². The van der Waals surface area contributed by atoms with Crippen molar-refractivity contribution in [3.63, 3.8) is 0 Å². The molecule has 0 aliphatic carbocycles. The summed E-state index contributed by atoms with van der Waals surface area (Å²) in [5.41, 5.74) is 2.74. The highest BCUT2D eigenvalue weighted by Crippen LogP contribution is 2.20. The van der Waals surface area contributed by atoms with Crippen LogP contribution in [0.4, 0.5) is 0 Å². The zero-order valence-electron chi connectivity index (χ0n) is 12.2. The molecule has 7 heteroatoms. The molecule has 0 saturated heterocycles. The molecule has 118 valence electrons. The fraction of sp³-hybridized carbons (Fsp3) is 0.0625. The molecule has 23 heavy (non-hydrogen) atoms. The van der Waals surface area contributed by atoms with Crippen molar-refractivity contribution >= 4 is 38.7 Å². The summed E-state index contributed by atoms with van der Waals surface area (Å²) < 4.78 is 24.3. The van der Waals surface area contributed by atoms with E-state index in [2.05, 4.69) is 14.9 Å². The lowest BCUT2D eigenvalue weighted by atomic mass is 10.1. The molecule has 2 aromatic carbocycles. The van der Waals surface area contributed by atoms with Gasteiger partial charge in [-0.15, -0.1) is 0 Å². The molecule has 0 unspecified atom stereocenters. The Morgan fingerprint density at radius 2 is 1.83 bits per heavy atom. The molecular formula is C16H14ClN3O2S. The molecule has 0 fully saturated rings. The third-order valence-corrected chi connectivity index (χ3v) is 4.92. The lowest BCUT2D eigenvalue weighted by Crippen LogP contribution is -2.18. The lowest BCUT2D eigenvalue weighted by Gasteiger charge is -2.03. The average Bonchev–Trinajstić information content (AvgIpc) is 2.84. The number of H-pyrrole nitrogens is 1. The molecule has 3 rings (SSSR count). The van der Waals surface area contributed by atoms with Crippen molar-refractivity contribution in [1.29, 1.82) is 0 Å². The van der Waals surface area contributed by atoms with Crippen LogP contribution >= 0.6 is 11.6 Å². The quantitative estimate of drug-likeness (QED) is 0.560. The number of hydrazone groups is 1. The van der Waals surface area contributed by atoms with E-state index in [1.54, 1.807) is 0 Å².